The molecule has 2 atom stereocenters. The molecule has 4 aliphatic rings. The van der Waals surface area contributed by atoms with Crippen molar-refractivity contribution in [2.24, 2.45) is 5.41 Å². The van der Waals surface area contributed by atoms with Crippen LogP contribution in [0.5, 0.6) is 11.5 Å². The molecule has 3 aliphatic heterocycles. The quantitative estimate of drug-likeness (QED) is 0.0755. The zero-order valence-electron chi connectivity index (χ0n) is 38.5. The maximum atomic E-state index is 14.1. The predicted octanol–water partition coefficient (Wildman–Crippen LogP) is 9.27. The minimum absolute atomic E-state index is 0.0338. The molecule has 3 N–H and O–H groups in total. The number of rotatable bonds is 13. The number of aromatic nitrogens is 2. The lowest BCUT2D eigenvalue weighted by Crippen LogP contribution is -2.47. The molecule has 0 saturated carbocycles. The summed E-state index contributed by atoms with van der Waals surface area (Å²) in [6.45, 7) is 15.1. The Hall–Kier alpha value is -5.52. The van der Waals surface area contributed by atoms with Crippen LogP contribution in [0.2, 0.25) is 5.02 Å². The van der Waals surface area contributed by atoms with Crippen LogP contribution in [0.4, 0.5) is 17.1 Å². The molecule has 5 heterocycles. The van der Waals surface area contributed by atoms with Crippen molar-refractivity contribution in [1.29, 1.82) is 0 Å². The van der Waals surface area contributed by atoms with Gasteiger partial charge in [0, 0.05) is 98.9 Å². The third-order valence-electron chi connectivity index (χ3n) is 13.8. The molecule has 3 aromatic carbocycles. The van der Waals surface area contributed by atoms with E-state index >= 15 is 0 Å². The molecule has 15 nitrogen and oxygen atoms in total. The normalized spacial score (nSPS) is 21.4. The number of ether oxygens (including phenoxy) is 2. The maximum absolute atomic E-state index is 14.1. The fraction of sp³-hybridized carbons (Fsp3) is 0.440. The fourth-order valence-electron chi connectivity index (χ4n) is 10.1. The molecule has 3 saturated heterocycles. The van der Waals surface area contributed by atoms with E-state index in [1.807, 2.05) is 18.2 Å². The highest BCUT2D eigenvalue weighted by Gasteiger charge is 2.37. The van der Waals surface area contributed by atoms with Crippen molar-refractivity contribution in [3.63, 3.8) is 0 Å². The van der Waals surface area contributed by atoms with Crippen LogP contribution in [-0.4, -0.2) is 109 Å². The van der Waals surface area contributed by atoms with Gasteiger partial charge in [-0.3, -0.25) is 24.7 Å². The number of nitro groups is 1. The van der Waals surface area contributed by atoms with Gasteiger partial charge in [-0.25, -0.2) is 18.1 Å². The molecule has 2 aromatic heterocycles. The first-order chi connectivity index (χ1) is 32.0. The monoisotopic (exact) mass is 950 g/mol. The van der Waals surface area contributed by atoms with E-state index < -0.39 is 31.4 Å². The summed E-state index contributed by atoms with van der Waals surface area (Å²) >= 11 is 6.26. The first-order valence-electron chi connectivity index (χ1n) is 23.2. The Bertz CT molecular complexity index is 2800. The second kappa shape index (κ2) is 18.9. The Labute approximate surface area is 397 Å². The Balaban J connectivity index is 0.909. The smallest absolute Gasteiger partial charge is 0.293 e. The van der Waals surface area contributed by atoms with Gasteiger partial charge in [-0.1, -0.05) is 43.2 Å². The van der Waals surface area contributed by atoms with Crippen molar-refractivity contribution in [3.8, 4) is 11.5 Å². The number of benzene rings is 3. The summed E-state index contributed by atoms with van der Waals surface area (Å²) in [4.78, 5) is 40.0. The molecular formula is C50H59ClN8O7S. The number of nitrogens with zero attached hydrogens (tertiary/aromatic N) is 5. The highest BCUT2D eigenvalue weighted by molar-refractivity contribution is 7.90. The topological polar surface area (TPSA) is 175 Å². The second-order valence-electron chi connectivity index (χ2n) is 19.8. The number of likely N-dealkylation sites (tertiary alicyclic amines) is 1. The van der Waals surface area contributed by atoms with E-state index in [0.29, 0.717) is 30.6 Å². The molecular weight excluding hydrogens is 892 g/mol. The number of hydrogen-bond acceptors (Lipinski definition) is 12. The first kappa shape index (κ1) is 46.6. The molecule has 17 heteroatoms. The molecule has 354 valence electrons. The number of fused-ring (bicyclic) bond motifs is 1. The number of piperazine rings is 1. The molecule has 0 bridgehead atoms. The van der Waals surface area contributed by atoms with Crippen molar-refractivity contribution in [2.45, 2.75) is 88.8 Å². The lowest BCUT2D eigenvalue weighted by Gasteiger charge is -2.39. The van der Waals surface area contributed by atoms with E-state index in [4.69, 9.17) is 21.1 Å². The van der Waals surface area contributed by atoms with Crippen LogP contribution >= 0.6 is 11.6 Å². The summed E-state index contributed by atoms with van der Waals surface area (Å²) < 4.78 is 42.2. The van der Waals surface area contributed by atoms with E-state index in [0.717, 1.165) is 100.0 Å². The van der Waals surface area contributed by atoms with E-state index in [1.165, 1.54) is 35.0 Å². The van der Waals surface area contributed by atoms with Gasteiger partial charge in [-0.2, -0.15) is 0 Å². The Morgan fingerprint density at radius 2 is 1.79 bits per heavy atom. The number of anilines is 2. The van der Waals surface area contributed by atoms with Crippen molar-refractivity contribution in [3.05, 3.63) is 117 Å². The number of hydrogen-bond donors (Lipinski definition) is 3. The number of H-pyrrole nitrogens is 1. The number of sulfonamides is 1. The Kier molecular flexibility index (Phi) is 13.1. The predicted molar refractivity (Wildman–Crippen MR) is 262 cm³/mol. The standard InChI is InChI=1S/C50H59ClN8O7S/c1-49(2)17-13-35(43(29-49)33-5-7-36(51)8-6-33)31-56-20-22-57(23-21-56)38-9-11-42(46(26-38)66-40-25-34-14-18-52-47(34)53-30-40)48(60)55-67(63,64)41-10-12-44(45(27-41)59(61)62)54-37-15-19-58(32-37)39-16-24-65-50(3,4)28-39/h5-12,14,18,25-27,30,37,39,54H,13,15-17,19-24,28-29,31-32H2,1-4H3,(H,52,53)(H,55,60)/t37-,39?/m1/s1. The van der Waals surface area contributed by atoms with Crippen LogP contribution in [0.1, 0.15) is 82.1 Å². The number of allylic oxidation sites excluding steroid dienone is 1. The van der Waals surface area contributed by atoms with Crippen LogP contribution in [0, 0.1) is 15.5 Å². The zero-order valence-corrected chi connectivity index (χ0v) is 40.1. The van der Waals surface area contributed by atoms with Crippen molar-refractivity contribution in [2.75, 3.05) is 62.6 Å². The first-order valence-corrected chi connectivity index (χ1v) is 25.0. The average Bonchev–Trinajstić information content (AvgIpc) is 3.97. The second-order valence-corrected chi connectivity index (χ2v) is 21.9. The number of aromatic amines is 1. The molecule has 0 spiro atoms. The number of nitrogens with one attached hydrogen (secondary N) is 3. The molecule has 1 aliphatic carbocycles. The van der Waals surface area contributed by atoms with Gasteiger partial charge in [-0.05, 0) is 117 Å². The van der Waals surface area contributed by atoms with Gasteiger partial charge in [0.25, 0.3) is 21.6 Å². The van der Waals surface area contributed by atoms with Crippen molar-refractivity contribution in [1.82, 2.24) is 24.5 Å². The lowest BCUT2D eigenvalue weighted by atomic mass is 9.72. The molecule has 1 unspecified atom stereocenters. The number of pyridine rings is 1. The van der Waals surface area contributed by atoms with E-state index in [-0.39, 0.29) is 34.1 Å². The van der Waals surface area contributed by atoms with Crippen LogP contribution in [0.3, 0.4) is 0 Å². The SMILES string of the molecule is CC1(C)CCC(CN2CCN(c3ccc(C(=O)NS(=O)(=O)c4ccc(N[C@@H]5CCN(C6CCOC(C)(C)C6)C5)c([N+](=O)[O-])c4)c(Oc4cnc5[nH]ccc5c4)c3)CC2)=C(c2ccc(Cl)cc2)C1. The van der Waals surface area contributed by atoms with Gasteiger partial charge in [0.15, 0.2) is 0 Å². The maximum Gasteiger partial charge on any atom is 0.293 e. The summed E-state index contributed by atoms with van der Waals surface area (Å²) in [6, 6.07) is 20.9. The summed E-state index contributed by atoms with van der Waals surface area (Å²) in [7, 11) is -4.58. The third-order valence-corrected chi connectivity index (χ3v) is 15.4. The van der Waals surface area contributed by atoms with Crippen LogP contribution in [0.25, 0.3) is 16.6 Å². The minimum atomic E-state index is -4.58. The summed E-state index contributed by atoms with van der Waals surface area (Å²) in [5.41, 5.74) is 5.38. The highest BCUT2D eigenvalue weighted by atomic mass is 35.5. The summed E-state index contributed by atoms with van der Waals surface area (Å²) in [5.74, 6) is -0.464. The number of nitro benzene ring substituents is 1. The van der Waals surface area contributed by atoms with Crippen LogP contribution in [0.15, 0.2) is 95.7 Å². The molecule has 1 amide bonds. The van der Waals surface area contributed by atoms with Crippen molar-refractivity contribution < 1.29 is 27.6 Å². The number of carbonyl (C=O) groups is 1. The Morgan fingerprint density at radius 3 is 2.55 bits per heavy atom. The van der Waals surface area contributed by atoms with Gasteiger partial charge in [0.05, 0.1) is 27.2 Å². The average molecular weight is 952 g/mol. The fourth-order valence-corrected chi connectivity index (χ4v) is 11.2. The zero-order chi connectivity index (χ0) is 47.1. The van der Waals surface area contributed by atoms with Gasteiger partial charge in [-0.15, -0.1) is 0 Å². The van der Waals surface area contributed by atoms with Gasteiger partial charge in [0.2, 0.25) is 0 Å². The largest absolute Gasteiger partial charge is 0.455 e. The summed E-state index contributed by atoms with van der Waals surface area (Å²) in [6.07, 6.45) is 9.10. The van der Waals surface area contributed by atoms with Gasteiger partial charge >= 0.3 is 0 Å². The third kappa shape index (κ3) is 10.8. The highest BCUT2D eigenvalue weighted by Crippen LogP contribution is 2.44. The molecule has 5 aromatic rings. The number of halogens is 1. The van der Waals surface area contributed by atoms with Crippen LogP contribution in [-0.2, 0) is 14.8 Å². The Morgan fingerprint density at radius 1 is 1.00 bits per heavy atom. The summed E-state index contributed by atoms with van der Waals surface area (Å²) in [5, 5.41) is 17.2. The molecule has 67 heavy (non-hydrogen) atoms. The van der Waals surface area contributed by atoms with Gasteiger partial charge in [0.1, 0.15) is 22.8 Å². The van der Waals surface area contributed by atoms with E-state index in [9.17, 15) is 23.3 Å². The molecule has 0 radical (unpaired) electrons. The number of amides is 1. The molecule has 9 rings (SSSR count). The van der Waals surface area contributed by atoms with E-state index in [2.05, 4.69) is 74.5 Å². The lowest BCUT2D eigenvalue weighted by molar-refractivity contribution is -0.384. The molecule has 3 fully saturated rings. The van der Waals surface area contributed by atoms with Gasteiger partial charge < -0.3 is 24.7 Å². The van der Waals surface area contributed by atoms with Crippen LogP contribution < -0.4 is 19.7 Å². The number of carbonyl (C=O) groups excluding carboxylic acids is 1. The van der Waals surface area contributed by atoms with E-state index in [1.54, 1.807) is 30.5 Å². The van der Waals surface area contributed by atoms with Crippen molar-refractivity contribution >= 4 is 61.2 Å². The minimum Gasteiger partial charge on any atom is -0.455 e.